The number of ether oxygens (including phenoxy) is 1. The molecule has 0 fully saturated rings. The molecular weight excluding hydrogens is 282 g/mol. The molecule has 0 aromatic carbocycles. The summed E-state index contributed by atoms with van der Waals surface area (Å²) in [5.74, 6) is 1.04. The molecule has 1 unspecified atom stereocenters. The molecule has 0 radical (unpaired) electrons. The molecule has 0 aromatic rings. The highest BCUT2D eigenvalue weighted by atomic mass is 16.5. The molecule has 1 aliphatic rings. The fourth-order valence-corrected chi connectivity index (χ4v) is 2.42. The summed E-state index contributed by atoms with van der Waals surface area (Å²) in [5, 5.41) is 0. The van der Waals surface area contributed by atoms with E-state index in [1.807, 2.05) is 31.2 Å². The van der Waals surface area contributed by atoms with Gasteiger partial charge in [-0.05, 0) is 20.3 Å². The second kappa shape index (κ2) is 10.5. The molecule has 0 aromatic heterocycles. The molecule has 0 saturated heterocycles. The van der Waals surface area contributed by atoms with Gasteiger partial charge in [0.2, 0.25) is 0 Å². The van der Waals surface area contributed by atoms with E-state index in [4.69, 9.17) is 4.74 Å². The molecule has 0 spiro atoms. The first kappa shape index (κ1) is 18.8. The van der Waals surface area contributed by atoms with Crippen LogP contribution < -0.4 is 0 Å². The average molecular weight is 311 g/mol. The van der Waals surface area contributed by atoms with E-state index in [-0.39, 0.29) is 6.10 Å². The van der Waals surface area contributed by atoms with Gasteiger partial charge in [-0.1, -0.05) is 61.8 Å². The van der Waals surface area contributed by atoms with Crippen LogP contribution in [0.5, 0.6) is 0 Å². The fraction of sp³-hybridized carbons (Fsp3) is 0.333. The van der Waals surface area contributed by atoms with Crippen molar-refractivity contribution in [3.05, 3.63) is 85.5 Å². The molecule has 1 heterocycles. The molecule has 1 atom stereocenters. The summed E-state index contributed by atoms with van der Waals surface area (Å²) in [4.78, 5) is 2.24. The van der Waals surface area contributed by atoms with E-state index < -0.39 is 0 Å². The van der Waals surface area contributed by atoms with Crippen LogP contribution >= 0.6 is 0 Å². The Morgan fingerprint density at radius 3 is 2.61 bits per heavy atom. The number of allylic oxidation sites excluding steroid dienone is 8. The van der Waals surface area contributed by atoms with Crippen molar-refractivity contribution in [2.45, 2.75) is 39.2 Å². The predicted molar refractivity (Wildman–Crippen MR) is 101 cm³/mol. The normalized spacial score (nSPS) is 19.1. The lowest BCUT2D eigenvalue weighted by molar-refractivity contribution is 0.0869. The summed E-state index contributed by atoms with van der Waals surface area (Å²) in [6.07, 6.45) is 18.6. The Morgan fingerprint density at radius 2 is 1.96 bits per heavy atom. The van der Waals surface area contributed by atoms with E-state index in [9.17, 15) is 0 Å². The van der Waals surface area contributed by atoms with Gasteiger partial charge in [0.05, 0.1) is 11.4 Å². The van der Waals surface area contributed by atoms with Crippen LogP contribution in [0.25, 0.3) is 0 Å². The van der Waals surface area contributed by atoms with Crippen LogP contribution in [0.15, 0.2) is 85.5 Å². The lowest BCUT2D eigenvalue weighted by Gasteiger charge is -2.38. The van der Waals surface area contributed by atoms with E-state index in [0.717, 1.165) is 43.0 Å². The Labute approximate surface area is 141 Å². The molecule has 1 aliphatic heterocycles. The van der Waals surface area contributed by atoms with Gasteiger partial charge in [-0.25, -0.2) is 0 Å². The van der Waals surface area contributed by atoms with Crippen molar-refractivity contribution in [2.75, 3.05) is 6.54 Å². The fourth-order valence-electron chi connectivity index (χ4n) is 2.42. The maximum Gasteiger partial charge on any atom is 0.141 e. The first-order valence-corrected chi connectivity index (χ1v) is 8.14. The Kier molecular flexibility index (Phi) is 8.59. The standard InChI is InChI=1S/C21H29NO/c1-6-9-12-13-14-17-22-18(4)20(15-10-7-2)23-21(19(22)5)16-11-8-3/h6-9,11-14,21H,1-2,5,10,15-17H2,3-4H3/b11-8-,12-9-,14-13-. The van der Waals surface area contributed by atoms with Crippen LogP contribution in [0.3, 0.4) is 0 Å². The lowest BCUT2D eigenvalue weighted by Crippen LogP contribution is -2.35. The molecule has 0 bridgehead atoms. The third kappa shape index (κ3) is 5.82. The van der Waals surface area contributed by atoms with Crippen molar-refractivity contribution in [1.29, 1.82) is 0 Å². The zero-order valence-corrected chi connectivity index (χ0v) is 14.5. The highest BCUT2D eigenvalue weighted by Gasteiger charge is 2.27. The molecular formula is C21H29NO. The van der Waals surface area contributed by atoms with Crippen molar-refractivity contribution in [2.24, 2.45) is 0 Å². The largest absolute Gasteiger partial charge is 0.486 e. The molecule has 1 rings (SSSR count). The van der Waals surface area contributed by atoms with Crippen molar-refractivity contribution < 1.29 is 4.74 Å². The molecule has 124 valence electrons. The first-order valence-electron chi connectivity index (χ1n) is 8.14. The van der Waals surface area contributed by atoms with Gasteiger partial charge in [0.25, 0.3) is 0 Å². The predicted octanol–water partition coefficient (Wildman–Crippen LogP) is 5.66. The van der Waals surface area contributed by atoms with Crippen LogP contribution in [-0.2, 0) is 4.74 Å². The van der Waals surface area contributed by atoms with Crippen molar-refractivity contribution in [1.82, 2.24) is 4.90 Å². The summed E-state index contributed by atoms with van der Waals surface area (Å²) < 4.78 is 6.18. The molecule has 0 aliphatic carbocycles. The Balaban J connectivity index is 2.93. The lowest BCUT2D eigenvalue weighted by atomic mass is 10.1. The van der Waals surface area contributed by atoms with Crippen LogP contribution in [0, 0.1) is 0 Å². The van der Waals surface area contributed by atoms with Gasteiger partial charge < -0.3 is 9.64 Å². The Hall–Kier alpha value is -2.22. The number of hydrogen-bond donors (Lipinski definition) is 0. The number of hydrogen-bond acceptors (Lipinski definition) is 2. The topological polar surface area (TPSA) is 12.5 Å². The van der Waals surface area contributed by atoms with E-state index >= 15 is 0 Å². The summed E-state index contributed by atoms with van der Waals surface area (Å²) in [5.41, 5.74) is 2.16. The third-order valence-corrected chi connectivity index (χ3v) is 3.76. The molecule has 0 amide bonds. The number of nitrogens with zero attached hydrogens (tertiary/aromatic N) is 1. The second-order valence-corrected chi connectivity index (χ2v) is 5.40. The molecule has 0 saturated carbocycles. The summed E-state index contributed by atoms with van der Waals surface area (Å²) in [6.45, 7) is 16.6. The monoisotopic (exact) mass is 311 g/mol. The Morgan fingerprint density at radius 1 is 1.17 bits per heavy atom. The molecule has 0 N–H and O–H groups in total. The van der Waals surface area contributed by atoms with Crippen LogP contribution in [-0.4, -0.2) is 17.5 Å². The van der Waals surface area contributed by atoms with Gasteiger partial charge in [-0.3, -0.25) is 0 Å². The minimum Gasteiger partial charge on any atom is -0.486 e. The summed E-state index contributed by atoms with van der Waals surface area (Å²) in [6, 6.07) is 0. The zero-order chi connectivity index (χ0) is 17.1. The molecule has 2 nitrogen and oxygen atoms in total. The quantitative estimate of drug-likeness (QED) is 0.402. The summed E-state index contributed by atoms with van der Waals surface area (Å²) >= 11 is 0. The van der Waals surface area contributed by atoms with Gasteiger partial charge in [0.1, 0.15) is 11.9 Å². The van der Waals surface area contributed by atoms with Crippen molar-refractivity contribution in [3.63, 3.8) is 0 Å². The van der Waals surface area contributed by atoms with Gasteiger partial charge >= 0.3 is 0 Å². The average Bonchev–Trinajstić information content (AvgIpc) is 2.55. The van der Waals surface area contributed by atoms with E-state index in [2.05, 4.69) is 49.8 Å². The summed E-state index contributed by atoms with van der Waals surface area (Å²) in [7, 11) is 0. The van der Waals surface area contributed by atoms with Gasteiger partial charge in [0.15, 0.2) is 0 Å². The van der Waals surface area contributed by atoms with Crippen molar-refractivity contribution >= 4 is 0 Å². The van der Waals surface area contributed by atoms with E-state index in [0.29, 0.717) is 0 Å². The van der Waals surface area contributed by atoms with Crippen LogP contribution in [0.4, 0.5) is 0 Å². The highest BCUT2D eigenvalue weighted by molar-refractivity contribution is 5.23. The highest BCUT2D eigenvalue weighted by Crippen LogP contribution is 2.31. The van der Waals surface area contributed by atoms with Crippen LogP contribution in [0.1, 0.15) is 33.1 Å². The maximum atomic E-state index is 6.18. The zero-order valence-electron chi connectivity index (χ0n) is 14.5. The van der Waals surface area contributed by atoms with Gasteiger partial charge in [-0.2, -0.15) is 0 Å². The van der Waals surface area contributed by atoms with Crippen molar-refractivity contribution in [3.8, 4) is 0 Å². The smallest absolute Gasteiger partial charge is 0.141 e. The molecule has 2 heteroatoms. The van der Waals surface area contributed by atoms with E-state index in [1.54, 1.807) is 6.08 Å². The SMILES string of the molecule is C=C/C=C\C=C/CN1C(=C)C(C/C=C\C)OC(CCC=C)=C1C. The minimum atomic E-state index is 0.00633. The second-order valence-electron chi connectivity index (χ2n) is 5.40. The Bertz CT molecular complexity index is 534. The first-order chi connectivity index (χ1) is 11.2. The van der Waals surface area contributed by atoms with Crippen LogP contribution in [0.2, 0.25) is 0 Å². The maximum absolute atomic E-state index is 6.18. The van der Waals surface area contributed by atoms with E-state index in [1.165, 1.54) is 0 Å². The van der Waals surface area contributed by atoms with Gasteiger partial charge in [0, 0.05) is 19.4 Å². The molecule has 23 heavy (non-hydrogen) atoms. The van der Waals surface area contributed by atoms with Gasteiger partial charge in [-0.15, -0.1) is 6.58 Å². The minimum absolute atomic E-state index is 0.00633. The third-order valence-electron chi connectivity index (χ3n) is 3.76. The number of rotatable bonds is 9.